The molecule has 1 aromatic heterocycles. The number of rotatable bonds is 4. The number of aryl methyl sites for hydroxylation is 1. The van der Waals surface area contributed by atoms with Gasteiger partial charge in [0.15, 0.2) is 0 Å². The van der Waals surface area contributed by atoms with Crippen LogP contribution in [0.4, 0.5) is 0 Å². The van der Waals surface area contributed by atoms with E-state index >= 15 is 0 Å². The van der Waals surface area contributed by atoms with Crippen molar-refractivity contribution in [2.75, 3.05) is 6.54 Å². The lowest BCUT2D eigenvalue weighted by Crippen LogP contribution is -2.31. The van der Waals surface area contributed by atoms with Crippen molar-refractivity contribution in [1.82, 2.24) is 10.3 Å². The molecule has 0 bridgehead atoms. The molecule has 2 unspecified atom stereocenters. The van der Waals surface area contributed by atoms with Crippen molar-refractivity contribution < 1.29 is 0 Å². The van der Waals surface area contributed by atoms with Crippen LogP contribution in [0.2, 0.25) is 0 Å². The number of nitrogens with zero attached hydrogens (tertiary/aromatic N) is 1. The fourth-order valence-electron chi connectivity index (χ4n) is 3.24. The van der Waals surface area contributed by atoms with Crippen LogP contribution in [0, 0.1) is 12.8 Å². The zero-order valence-corrected chi connectivity index (χ0v) is 12.7. The maximum atomic E-state index is 4.40. The van der Waals surface area contributed by atoms with Crippen LogP contribution in [0.15, 0.2) is 18.5 Å². The predicted octanol–water partition coefficient (Wildman–Crippen LogP) is 4.05. The second-order valence-electron chi connectivity index (χ2n) is 6.36. The van der Waals surface area contributed by atoms with Crippen molar-refractivity contribution in [2.24, 2.45) is 5.92 Å². The van der Waals surface area contributed by atoms with Crippen LogP contribution in [0.1, 0.15) is 63.0 Å². The highest BCUT2D eigenvalue weighted by Gasteiger charge is 2.25. The van der Waals surface area contributed by atoms with Crippen LogP contribution < -0.4 is 5.32 Å². The Bertz CT molecular complexity index is 387. The predicted molar refractivity (Wildman–Crippen MR) is 81.4 cm³/mol. The second-order valence-corrected chi connectivity index (χ2v) is 6.36. The minimum Gasteiger partial charge on any atom is -0.314 e. The summed E-state index contributed by atoms with van der Waals surface area (Å²) in [5, 5.41) is 3.64. The van der Waals surface area contributed by atoms with Crippen molar-refractivity contribution in [3.63, 3.8) is 0 Å². The molecule has 1 aliphatic carbocycles. The highest BCUT2D eigenvalue weighted by Crippen LogP contribution is 2.36. The zero-order valence-electron chi connectivity index (χ0n) is 12.7. The largest absolute Gasteiger partial charge is 0.314 e. The van der Waals surface area contributed by atoms with Gasteiger partial charge in [-0.3, -0.25) is 4.98 Å². The minimum absolute atomic E-state index is 0.583. The lowest BCUT2D eigenvalue weighted by atomic mass is 9.82. The monoisotopic (exact) mass is 260 g/mol. The molecule has 1 fully saturated rings. The Morgan fingerprint density at radius 2 is 2.00 bits per heavy atom. The molecule has 0 amide bonds. The van der Waals surface area contributed by atoms with Gasteiger partial charge in [-0.25, -0.2) is 0 Å². The molecule has 2 heteroatoms. The van der Waals surface area contributed by atoms with Crippen molar-refractivity contribution in [3.8, 4) is 0 Å². The molecule has 1 N–H and O–H groups in total. The summed E-state index contributed by atoms with van der Waals surface area (Å²) in [7, 11) is 0. The summed E-state index contributed by atoms with van der Waals surface area (Å²) in [4.78, 5) is 4.40. The van der Waals surface area contributed by atoms with Gasteiger partial charge in [-0.1, -0.05) is 39.2 Å². The van der Waals surface area contributed by atoms with Crippen molar-refractivity contribution >= 4 is 0 Å². The molecule has 0 spiro atoms. The van der Waals surface area contributed by atoms with Crippen LogP contribution in [0.5, 0.6) is 0 Å². The molecule has 106 valence electrons. The van der Waals surface area contributed by atoms with E-state index < -0.39 is 0 Å². The highest BCUT2D eigenvalue weighted by atomic mass is 14.9. The van der Waals surface area contributed by atoms with E-state index in [9.17, 15) is 0 Å². The van der Waals surface area contributed by atoms with Gasteiger partial charge in [0.2, 0.25) is 0 Å². The summed E-state index contributed by atoms with van der Waals surface area (Å²) in [5.74, 6) is 1.47. The number of aromatic nitrogens is 1. The number of nitrogens with one attached hydrogen (secondary N) is 1. The van der Waals surface area contributed by atoms with Crippen molar-refractivity contribution in [2.45, 2.75) is 64.8 Å². The molecule has 1 aromatic rings. The topological polar surface area (TPSA) is 24.9 Å². The first kappa shape index (κ1) is 14.5. The van der Waals surface area contributed by atoms with Crippen LogP contribution >= 0.6 is 0 Å². The first-order valence-electron chi connectivity index (χ1n) is 7.81. The molecule has 1 saturated carbocycles. The Morgan fingerprint density at radius 3 is 2.74 bits per heavy atom. The van der Waals surface area contributed by atoms with Gasteiger partial charge in [0.25, 0.3) is 0 Å². The van der Waals surface area contributed by atoms with Crippen LogP contribution in [-0.2, 0) is 0 Å². The summed E-state index contributed by atoms with van der Waals surface area (Å²) in [6, 6.07) is 2.92. The van der Waals surface area contributed by atoms with E-state index in [4.69, 9.17) is 0 Å². The van der Waals surface area contributed by atoms with Crippen LogP contribution in [0.25, 0.3) is 0 Å². The zero-order chi connectivity index (χ0) is 13.7. The SMILES string of the molecule is Cc1cncc(C2CCCCCC2CNC(C)C)c1. The molecular formula is C17H28N2. The standard InChI is InChI=1S/C17H28N2/c1-13(2)19-12-15-7-5-4-6-8-17(15)16-9-14(3)10-18-11-16/h9-11,13,15,17,19H,4-8,12H2,1-3H3. The van der Waals surface area contributed by atoms with E-state index in [0.29, 0.717) is 12.0 Å². The van der Waals surface area contributed by atoms with Gasteiger partial charge in [-0.05, 0) is 49.3 Å². The molecule has 19 heavy (non-hydrogen) atoms. The Morgan fingerprint density at radius 1 is 1.21 bits per heavy atom. The summed E-state index contributed by atoms with van der Waals surface area (Å²) >= 11 is 0. The van der Waals surface area contributed by atoms with Crippen molar-refractivity contribution in [3.05, 3.63) is 29.6 Å². The average Bonchev–Trinajstić information content (AvgIpc) is 2.61. The van der Waals surface area contributed by atoms with Gasteiger partial charge >= 0.3 is 0 Å². The normalized spacial score (nSPS) is 24.4. The van der Waals surface area contributed by atoms with E-state index in [-0.39, 0.29) is 0 Å². The number of hydrogen-bond acceptors (Lipinski definition) is 2. The van der Waals surface area contributed by atoms with E-state index in [1.54, 1.807) is 0 Å². The molecule has 0 aliphatic heterocycles. The van der Waals surface area contributed by atoms with Crippen LogP contribution in [-0.4, -0.2) is 17.6 Å². The molecular weight excluding hydrogens is 232 g/mol. The van der Waals surface area contributed by atoms with Gasteiger partial charge in [-0.2, -0.15) is 0 Å². The number of pyridine rings is 1. The van der Waals surface area contributed by atoms with E-state index in [1.165, 1.54) is 43.2 Å². The van der Waals surface area contributed by atoms with Crippen LogP contribution in [0.3, 0.4) is 0 Å². The Balaban J connectivity index is 2.12. The second kappa shape index (κ2) is 7.04. The fraction of sp³-hybridized carbons (Fsp3) is 0.706. The average molecular weight is 260 g/mol. The molecule has 0 saturated heterocycles. The fourth-order valence-corrected chi connectivity index (χ4v) is 3.24. The Hall–Kier alpha value is -0.890. The van der Waals surface area contributed by atoms with E-state index in [0.717, 1.165) is 12.5 Å². The summed E-state index contributed by atoms with van der Waals surface area (Å²) < 4.78 is 0. The third-order valence-corrected chi connectivity index (χ3v) is 4.27. The molecule has 2 atom stereocenters. The molecule has 2 nitrogen and oxygen atoms in total. The first-order valence-corrected chi connectivity index (χ1v) is 7.81. The van der Waals surface area contributed by atoms with Gasteiger partial charge in [0, 0.05) is 18.4 Å². The van der Waals surface area contributed by atoms with Crippen molar-refractivity contribution in [1.29, 1.82) is 0 Å². The molecule has 0 radical (unpaired) electrons. The van der Waals surface area contributed by atoms with E-state index in [1.807, 2.05) is 6.20 Å². The minimum atomic E-state index is 0.583. The quantitative estimate of drug-likeness (QED) is 0.826. The molecule has 1 heterocycles. The maximum Gasteiger partial charge on any atom is 0.0303 e. The van der Waals surface area contributed by atoms with Gasteiger partial charge in [0.1, 0.15) is 0 Å². The number of hydrogen-bond donors (Lipinski definition) is 1. The molecule has 2 rings (SSSR count). The third-order valence-electron chi connectivity index (χ3n) is 4.27. The third kappa shape index (κ3) is 4.31. The lowest BCUT2D eigenvalue weighted by molar-refractivity contribution is 0.362. The van der Waals surface area contributed by atoms with Gasteiger partial charge < -0.3 is 5.32 Å². The molecule has 0 aromatic carbocycles. The smallest absolute Gasteiger partial charge is 0.0303 e. The van der Waals surface area contributed by atoms with E-state index in [2.05, 4.69) is 43.3 Å². The maximum absolute atomic E-state index is 4.40. The summed E-state index contributed by atoms with van der Waals surface area (Å²) in [5.41, 5.74) is 2.75. The van der Waals surface area contributed by atoms with Gasteiger partial charge in [-0.15, -0.1) is 0 Å². The molecule has 1 aliphatic rings. The Labute approximate surface area is 118 Å². The summed E-state index contributed by atoms with van der Waals surface area (Å²) in [6.45, 7) is 7.77. The highest BCUT2D eigenvalue weighted by molar-refractivity contribution is 5.21. The Kier molecular flexibility index (Phi) is 5.38. The lowest BCUT2D eigenvalue weighted by Gasteiger charge is -2.27. The summed E-state index contributed by atoms with van der Waals surface area (Å²) in [6.07, 6.45) is 10.9. The first-order chi connectivity index (χ1) is 9.16. The van der Waals surface area contributed by atoms with Gasteiger partial charge in [0.05, 0.1) is 0 Å².